The molecule has 1 aliphatic heterocycles. The molecule has 3 nitrogen and oxygen atoms in total. The molecule has 13 heavy (non-hydrogen) atoms. The lowest BCUT2D eigenvalue weighted by atomic mass is 9.99. The molecule has 0 aromatic heterocycles. The molecular weight excluding hydrogens is 180 g/mol. The average Bonchev–Trinajstić information content (AvgIpc) is 2.27. The SMILES string of the molecule is CC1(CO)CC(O)CN1CC(F)F. The van der Waals surface area contributed by atoms with Crippen LogP contribution in [0.2, 0.25) is 0 Å². The first-order valence-corrected chi connectivity index (χ1v) is 4.30. The van der Waals surface area contributed by atoms with Crippen LogP contribution in [0.3, 0.4) is 0 Å². The first kappa shape index (κ1) is 10.8. The quantitative estimate of drug-likeness (QED) is 0.669. The summed E-state index contributed by atoms with van der Waals surface area (Å²) in [6.07, 6.45) is -2.66. The van der Waals surface area contributed by atoms with Gasteiger partial charge in [-0.3, -0.25) is 4.90 Å². The van der Waals surface area contributed by atoms with Gasteiger partial charge in [0.15, 0.2) is 0 Å². The van der Waals surface area contributed by atoms with E-state index in [-0.39, 0.29) is 19.7 Å². The monoisotopic (exact) mass is 195 g/mol. The number of hydrogen-bond donors (Lipinski definition) is 2. The Kier molecular flexibility index (Phi) is 3.21. The molecule has 0 aromatic rings. The Hall–Kier alpha value is -0.260. The predicted octanol–water partition coefficient (Wildman–Crippen LogP) is 0.0691. The zero-order valence-electron chi connectivity index (χ0n) is 7.58. The van der Waals surface area contributed by atoms with Crippen molar-refractivity contribution in [1.29, 1.82) is 0 Å². The standard InChI is InChI=1S/C8H15F2NO2/c1-8(5-12)2-6(13)3-11(8)4-7(9)10/h6-7,12-13H,2-5H2,1H3. The van der Waals surface area contributed by atoms with Crippen molar-refractivity contribution in [2.75, 3.05) is 19.7 Å². The lowest BCUT2D eigenvalue weighted by Crippen LogP contribution is -2.46. The topological polar surface area (TPSA) is 43.7 Å². The van der Waals surface area contributed by atoms with Crippen molar-refractivity contribution in [2.45, 2.75) is 31.4 Å². The molecule has 1 aliphatic rings. The molecule has 1 fully saturated rings. The van der Waals surface area contributed by atoms with Crippen molar-refractivity contribution in [1.82, 2.24) is 4.90 Å². The first-order valence-electron chi connectivity index (χ1n) is 4.30. The van der Waals surface area contributed by atoms with Crippen LogP contribution >= 0.6 is 0 Å². The maximum absolute atomic E-state index is 12.1. The highest BCUT2D eigenvalue weighted by atomic mass is 19.3. The maximum atomic E-state index is 12.1. The van der Waals surface area contributed by atoms with Crippen LogP contribution in [0.25, 0.3) is 0 Å². The number of halogens is 2. The third-order valence-electron chi connectivity index (χ3n) is 2.57. The van der Waals surface area contributed by atoms with Gasteiger partial charge < -0.3 is 10.2 Å². The van der Waals surface area contributed by atoms with Crippen LogP contribution in [0.1, 0.15) is 13.3 Å². The highest BCUT2D eigenvalue weighted by Crippen LogP contribution is 2.29. The van der Waals surface area contributed by atoms with E-state index in [9.17, 15) is 13.9 Å². The molecule has 0 saturated carbocycles. The number of aliphatic hydroxyl groups excluding tert-OH is 2. The summed E-state index contributed by atoms with van der Waals surface area (Å²) in [5.74, 6) is 0. The summed E-state index contributed by atoms with van der Waals surface area (Å²) in [7, 11) is 0. The molecule has 1 rings (SSSR count). The summed E-state index contributed by atoms with van der Waals surface area (Å²) >= 11 is 0. The van der Waals surface area contributed by atoms with Gasteiger partial charge in [-0.15, -0.1) is 0 Å². The van der Waals surface area contributed by atoms with Crippen LogP contribution in [0.15, 0.2) is 0 Å². The molecule has 0 amide bonds. The predicted molar refractivity (Wildman–Crippen MR) is 43.7 cm³/mol. The van der Waals surface area contributed by atoms with Crippen LogP contribution in [-0.2, 0) is 0 Å². The highest BCUT2D eigenvalue weighted by molar-refractivity contribution is 4.95. The van der Waals surface area contributed by atoms with Gasteiger partial charge in [0.05, 0.1) is 19.3 Å². The fourth-order valence-electron chi connectivity index (χ4n) is 1.80. The Morgan fingerprint density at radius 2 is 2.23 bits per heavy atom. The average molecular weight is 195 g/mol. The van der Waals surface area contributed by atoms with Gasteiger partial charge in [0.1, 0.15) is 0 Å². The van der Waals surface area contributed by atoms with Gasteiger partial charge in [-0.1, -0.05) is 0 Å². The summed E-state index contributed by atoms with van der Waals surface area (Å²) in [4.78, 5) is 1.45. The Balaban J connectivity index is 2.61. The highest BCUT2D eigenvalue weighted by Gasteiger charge is 2.41. The zero-order valence-corrected chi connectivity index (χ0v) is 7.58. The Morgan fingerprint density at radius 1 is 1.62 bits per heavy atom. The molecule has 2 unspecified atom stereocenters. The second-order valence-electron chi connectivity index (χ2n) is 3.81. The van der Waals surface area contributed by atoms with Gasteiger partial charge in [-0.25, -0.2) is 8.78 Å². The number of aliphatic hydroxyl groups is 2. The van der Waals surface area contributed by atoms with E-state index in [1.807, 2.05) is 0 Å². The van der Waals surface area contributed by atoms with Crippen LogP contribution in [0.4, 0.5) is 8.78 Å². The Bertz CT molecular complexity index is 180. The zero-order chi connectivity index (χ0) is 10.1. The minimum atomic E-state index is -2.42. The second kappa shape index (κ2) is 3.86. The first-order chi connectivity index (χ1) is 5.98. The molecule has 2 atom stereocenters. The third-order valence-corrected chi connectivity index (χ3v) is 2.57. The lowest BCUT2D eigenvalue weighted by molar-refractivity contribution is 0.0234. The van der Waals surface area contributed by atoms with Crippen LogP contribution in [-0.4, -0.2) is 52.9 Å². The van der Waals surface area contributed by atoms with Crippen molar-refractivity contribution in [2.24, 2.45) is 0 Å². The molecule has 0 aliphatic carbocycles. The summed E-state index contributed by atoms with van der Waals surface area (Å²) in [5, 5.41) is 18.3. The van der Waals surface area contributed by atoms with Crippen molar-refractivity contribution < 1.29 is 19.0 Å². The third kappa shape index (κ3) is 2.36. The van der Waals surface area contributed by atoms with Gasteiger partial charge in [0.25, 0.3) is 6.43 Å². The number of β-amino-alcohol motifs (C(OH)–C–C–N with tert-alkyl or cyclic N) is 1. The lowest BCUT2D eigenvalue weighted by Gasteiger charge is -2.32. The van der Waals surface area contributed by atoms with E-state index >= 15 is 0 Å². The fourth-order valence-corrected chi connectivity index (χ4v) is 1.80. The molecule has 0 aromatic carbocycles. The van der Waals surface area contributed by atoms with E-state index in [4.69, 9.17) is 5.11 Å². The molecule has 1 saturated heterocycles. The van der Waals surface area contributed by atoms with E-state index in [1.165, 1.54) is 4.90 Å². The van der Waals surface area contributed by atoms with Crippen molar-refractivity contribution in [3.8, 4) is 0 Å². The summed E-state index contributed by atoms with van der Waals surface area (Å²) in [5.41, 5.74) is -0.685. The second-order valence-corrected chi connectivity index (χ2v) is 3.81. The Morgan fingerprint density at radius 3 is 2.69 bits per heavy atom. The largest absolute Gasteiger partial charge is 0.394 e. The van der Waals surface area contributed by atoms with Crippen molar-refractivity contribution in [3.63, 3.8) is 0 Å². The fraction of sp³-hybridized carbons (Fsp3) is 1.00. The molecule has 5 heteroatoms. The van der Waals surface area contributed by atoms with Gasteiger partial charge in [0.2, 0.25) is 0 Å². The normalized spacial score (nSPS) is 36.0. The smallest absolute Gasteiger partial charge is 0.251 e. The molecule has 78 valence electrons. The van der Waals surface area contributed by atoms with E-state index in [0.717, 1.165) is 0 Å². The molecule has 0 bridgehead atoms. The minimum Gasteiger partial charge on any atom is -0.394 e. The van der Waals surface area contributed by atoms with Gasteiger partial charge in [-0.2, -0.15) is 0 Å². The van der Waals surface area contributed by atoms with Crippen LogP contribution < -0.4 is 0 Å². The summed E-state index contributed by atoms with van der Waals surface area (Å²) in [6.45, 7) is 1.33. The number of alkyl halides is 2. The van der Waals surface area contributed by atoms with E-state index in [1.54, 1.807) is 6.92 Å². The number of likely N-dealkylation sites (tertiary alicyclic amines) is 1. The van der Waals surface area contributed by atoms with E-state index in [2.05, 4.69) is 0 Å². The van der Waals surface area contributed by atoms with Crippen LogP contribution in [0, 0.1) is 0 Å². The number of nitrogens with zero attached hydrogens (tertiary/aromatic N) is 1. The van der Waals surface area contributed by atoms with Gasteiger partial charge >= 0.3 is 0 Å². The summed E-state index contributed by atoms with van der Waals surface area (Å²) in [6, 6.07) is 0. The van der Waals surface area contributed by atoms with Crippen molar-refractivity contribution >= 4 is 0 Å². The molecule has 0 spiro atoms. The number of rotatable bonds is 3. The molecule has 0 radical (unpaired) electrons. The molecule has 1 heterocycles. The van der Waals surface area contributed by atoms with Gasteiger partial charge in [-0.05, 0) is 13.3 Å². The summed E-state index contributed by atoms with van der Waals surface area (Å²) < 4.78 is 24.2. The Labute approximate surface area is 76.0 Å². The van der Waals surface area contributed by atoms with Crippen LogP contribution in [0.5, 0.6) is 0 Å². The van der Waals surface area contributed by atoms with E-state index < -0.39 is 18.1 Å². The molecule has 2 N–H and O–H groups in total. The van der Waals surface area contributed by atoms with Crippen molar-refractivity contribution in [3.05, 3.63) is 0 Å². The van der Waals surface area contributed by atoms with Gasteiger partial charge in [0, 0.05) is 12.1 Å². The molecular formula is C8H15F2NO2. The van der Waals surface area contributed by atoms with E-state index in [0.29, 0.717) is 6.42 Å². The minimum absolute atomic E-state index is 0.198. The maximum Gasteiger partial charge on any atom is 0.251 e. The number of hydrogen-bond acceptors (Lipinski definition) is 3.